The average molecular weight is 400 g/mol. The molecule has 1 amide bonds. The lowest BCUT2D eigenvalue weighted by Gasteiger charge is -2.11. The molecule has 0 spiro atoms. The minimum absolute atomic E-state index is 0.0502. The van der Waals surface area contributed by atoms with Crippen LogP contribution in [-0.4, -0.2) is 30.6 Å². The third kappa shape index (κ3) is 4.17. The van der Waals surface area contributed by atoms with Gasteiger partial charge in [0.2, 0.25) is 5.91 Å². The number of para-hydroxylation sites is 1. The molecule has 0 bridgehead atoms. The summed E-state index contributed by atoms with van der Waals surface area (Å²) in [4.78, 5) is 36.3. The van der Waals surface area contributed by atoms with E-state index in [4.69, 9.17) is 0 Å². The van der Waals surface area contributed by atoms with E-state index in [-0.39, 0.29) is 17.9 Å². The SMILES string of the molecule is Cc1nc(-c2cccnc2)[nH]c(=O)c1CC(=O)NCc1ccccc1-n1cccn1. The first-order valence-corrected chi connectivity index (χ1v) is 9.46. The zero-order chi connectivity index (χ0) is 20.9. The lowest BCUT2D eigenvalue weighted by Crippen LogP contribution is -2.29. The summed E-state index contributed by atoms with van der Waals surface area (Å²) in [5, 5.41) is 7.12. The van der Waals surface area contributed by atoms with Crippen LogP contribution in [0.3, 0.4) is 0 Å². The molecular weight excluding hydrogens is 380 g/mol. The van der Waals surface area contributed by atoms with Crippen LogP contribution >= 0.6 is 0 Å². The minimum Gasteiger partial charge on any atom is -0.352 e. The van der Waals surface area contributed by atoms with Gasteiger partial charge in [0, 0.05) is 48.2 Å². The molecule has 8 heteroatoms. The highest BCUT2D eigenvalue weighted by molar-refractivity contribution is 5.78. The lowest BCUT2D eigenvalue weighted by molar-refractivity contribution is -0.120. The number of aryl methyl sites for hydroxylation is 1. The van der Waals surface area contributed by atoms with Gasteiger partial charge in [-0.05, 0) is 36.8 Å². The summed E-state index contributed by atoms with van der Waals surface area (Å²) >= 11 is 0. The molecule has 0 aliphatic carbocycles. The standard InChI is InChI=1S/C22H20N6O2/c1-15-18(22(30)27-21(26-15)17-7-4-9-23-13-17)12-20(29)24-14-16-6-2-3-8-19(16)28-11-5-10-25-28/h2-11,13H,12,14H2,1H3,(H,24,29)(H,26,27,30). The molecule has 0 radical (unpaired) electrons. The number of pyridine rings is 1. The van der Waals surface area contributed by atoms with Crippen LogP contribution in [-0.2, 0) is 17.8 Å². The van der Waals surface area contributed by atoms with Crippen molar-refractivity contribution in [2.75, 3.05) is 0 Å². The molecular formula is C22H20N6O2. The van der Waals surface area contributed by atoms with E-state index in [0.717, 1.165) is 11.3 Å². The number of carbonyl (C=O) groups excluding carboxylic acids is 1. The van der Waals surface area contributed by atoms with Gasteiger partial charge in [-0.25, -0.2) is 9.67 Å². The lowest BCUT2D eigenvalue weighted by atomic mass is 10.1. The van der Waals surface area contributed by atoms with Crippen molar-refractivity contribution in [1.82, 2.24) is 30.0 Å². The van der Waals surface area contributed by atoms with Crippen molar-refractivity contribution >= 4 is 5.91 Å². The summed E-state index contributed by atoms with van der Waals surface area (Å²) in [7, 11) is 0. The van der Waals surface area contributed by atoms with Crippen LogP contribution in [0, 0.1) is 6.92 Å². The molecule has 150 valence electrons. The first-order chi connectivity index (χ1) is 14.6. The van der Waals surface area contributed by atoms with E-state index in [2.05, 4.69) is 25.4 Å². The Kier molecular flexibility index (Phi) is 5.47. The smallest absolute Gasteiger partial charge is 0.255 e. The Morgan fingerprint density at radius 3 is 2.73 bits per heavy atom. The zero-order valence-corrected chi connectivity index (χ0v) is 16.4. The molecule has 0 aliphatic rings. The molecule has 2 N–H and O–H groups in total. The van der Waals surface area contributed by atoms with E-state index < -0.39 is 0 Å². The number of carbonyl (C=O) groups is 1. The maximum absolute atomic E-state index is 12.5. The van der Waals surface area contributed by atoms with Gasteiger partial charge in [0.15, 0.2) is 0 Å². The maximum Gasteiger partial charge on any atom is 0.255 e. The second-order valence-corrected chi connectivity index (χ2v) is 6.75. The number of hydrogen-bond acceptors (Lipinski definition) is 5. The van der Waals surface area contributed by atoms with Crippen molar-refractivity contribution in [2.45, 2.75) is 19.9 Å². The number of hydrogen-bond donors (Lipinski definition) is 2. The highest BCUT2D eigenvalue weighted by Crippen LogP contribution is 2.14. The number of H-pyrrole nitrogens is 1. The van der Waals surface area contributed by atoms with Gasteiger partial charge in [-0.1, -0.05) is 18.2 Å². The fourth-order valence-corrected chi connectivity index (χ4v) is 3.17. The largest absolute Gasteiger partial charge is 0.352 e. The van der Waals surface area contributed by atoms with E-state index >= 15 is 0 Å². The van der Waals surface area contributed by atoms with Gasteiger partial charge in [-0.15, -0.1) is 0 Å². The maximum atomic E-state index is 12.5. The topological polar surface area (TPSA) is 106 Å². The highest BCUT2D eigenvalue weighted by Gasteiger charge is 2.14. The van der Waals surface area contributed by atoms with Crippen LogP contribution in [0.25, 0.3) is 17.1 Å². The van der Waals surface area contributed by atoms with Gasteiger partial charge in [0.25, 0.3) is 5.56 Å². The van der Waals surface area contributed by atoms with Crippen LogP contribution < -0.4 is 10.9 Å². The van der Waals surface area contributed by atoms with Gasteiger partial charge in [-0.2, -0.15) is 5.10 Å². The van der Waals surface area contributed by atoms with Crippen molar-refractivity contribution in [3.05, 3.63) is 94.4 Å². The molecule has 3 heterocycles. The summed E-state index contributed by atoms with van der Waals surface area (Å²) in [6.45, 7) is 2.05. The van der Waals surface area contributed by atoms with E-state index in [1.165, 1.54) is 0 Å². The van der Waals surface area contributed by atoms with Crippen LogP contribution in [0.4, 0.5) is 0 Å². The van der Waals surface area contributed by atoms with Crippen LogP contribution in [0.2, 0.25) is 0 Å². The van der Waals surface area contributed by atoms with E-state index in [1.54, 1.807) is 36.3 Å². The molecule has 0 atom stereocenters. The number of nitrogens with one attached hydrogen (secondary N) is 2. The molecule has 8 nitrogen and oxygen atoms in total. The molecule has 0 fully saturated rings. The van der Waals surface area contributed by atoms with Gasteiger partial charge in [0.05, 0.1) is 12.1 Å². The average Bonchev–Trinajstić information content (AvgIpc) is 3.30. The number of rotatable bonds is 6. The Balaban J connectivity index is 1.47. The monoisotopic (exact) mass is 400 g/mol. The first kappa shape index (κ1) is 19.3. The third-order valence-corrected chi connectivity index (χ3v) is 4.71. The fourth-order valence-electron chi connectivity index (χ4n) is 3.17. The zero-order valence-electron chi connectivity index (χ0n) is 16.4. The number of amides is 1. The van der Waals surface area contributed by atoms with E-state index in [9.17, 15) is 9.59 Å². The number of aromatic amines is 1. The summed E-state index contributed by atoms with van der Waals surface area (Å²) < 4.78 is 1.75. The highest BCUT2D eigenvalue weighted by atomic mass is 16.2. The van der Waals surface area contributed by atoms with Gasteiger partial charge >= 0.3 is 0 Å². The molecule has 0 saturated carbocycles. The minimum atomic E-state index is -0.326. The summed E-state index contributed by atoms with van der Waals surface area (Å²) in [5.41, 5.74) is 3.06. The van der Waals surface area contributed by atoms with Gasteiger partial charge < -0.3 is 10.3 Å². The Labute approximate surface area is 172 Å². The summed E-state index contributed by atoms with van der Waals surface area (Å²) in [6, 6.07) is 13.1. The number of aromatic nitrogens is 5. The quantitative estimate of drug-likeness (QED) is 0.516. The fraction of sp³-hybridized carbons (Fsp3) is 0.136. The van der Waals surface area contributed by atoms with Gasteiger partial charge in [0.1, 0.15) is 5.82 Å². The third-order valence-electron chi connectivity index (χ3n) is 4.71. The van der Waals surface area contributed by atoms with Crippen molar-refractivity contribution in [2.24, 2.45) is 0 Å². The molecule has 0 saturated heterocycles. The van der Waals surface area contributed by atoms with Crippen LogP contribution in [0.5, 0.6) is 0 Å². The predicted molar refractivity (Wildman–Crippen MR) is 112 cm³/mol. The molecule has 1 aromatic carbocycles. The second kappa shape index (κ2) is 8.52. The Bertz CT molecular complexity index is 1220. The predicted octanol–water partition coefficient (Wildman–Crippen LogP) is 2.18. The summed E-state index contributed by atoms with van der Waals surface area (Å²) in [5.74, 6) is 0.178. The summed E-state index contributed by atoms with van der Waals surface area (Å²) in [6.07, 6.45) is 6.77. The van der Waals surface area contributed by atoms with Crippen LogP contribution in [0.1, 0.15) is 16.8 Å². The van der Waals surface area contributed by atoms with Crippen molar-refractivity contribution < 1.29 is 4.79 Å². The molecule has 0 aliphatic heterocycles. The van der Waals surface area contributed by atoms with E-state index in [0.29, 0.717) is 29.2 Å². The number of benzene rings is 1. The normalized spacial score (nSPS) is 10.7. The van der Waals surface area contributed by atoms with Crippen LogP contribution in [0.15, 0.2) is 72.0 Å². The Morgan fingerprint density at radius 2 is 2.00 bits per heavy atom. The molecule has 4 rings (SSSR count). The van der Waals surface area contributed by atoms with Gasteiger partial charge in [-0.3, -0.25) is 14.6 Å². The Morgan fingerprint density at radius 1 is 1.13 bits per heavy atom. The van der Waals surface area contributed by atoms with Crippen molar-refractivity contribution in [3.8, 4) is 17.1 Å². The van der Waals surface area contributed by atoms with E-state index in [1.807, 2.05) is 42.6 Å². The Hall–Kier alpha value is -4.07. The number of nitrogens with zero attached hydrogens (tertiary/aromatic N) is 4. The molecule has 30 heavy (non-hydrogen) atoms. The second-order valence-electron chi connectivity index (χ2n) is 6.75. The molecule has 4 aromatic rings. The first-order valence-electron chi connectivity index (χ1n) is 9.46. The van der Waals surface area contributed by atoms with Crippen molar-refractivity contribution in [1.29, 1.82) is 0 Å². The van der Waals surface area contributed by atoms with Crippen molar-refractivity contribution in [3.63, 3.8) is 0 Å². The molecule has 3 aromatic heterocycles. The molecule has 0 unspecified atom stereocenters.